The van der Waals surface area contributed by atoms with Crippen LogP contribution in [0.1, 0.15) is 35.8 Å². The smallest absolute Gasteiger partial charge is 0.225 e. The highest BCUT2D eigenvalue weighted by molar-refractivity contribution is 7.10. The topological polar surface area (TPSA) is 59.8 Å². The van der Waals surface area contributed by atoms with Gasteiger partial charge in [0.1, 0.15) is 11.6 Å². The first-order chi connectivity index (χ1) is 10.3. The van der Waals surface area contributed by atoms with E-state index in [4.69, 9.17) is 0 Å². The van der Waals surface area contributed by atoms with Gasteiger partial charge in [0.05, 0.1) is 6.42 Å². The monoisotopic (exact) mass is 304 g/mol. The number of nitrogens with one attached hydrogen (secondary N) is 1. The van der Waals surface area contributed by atoms with Crippen LogP contribution in [0.3, 0.4) is 0 Å². The molecule has 1 N–H and O–H groups in total. The fourth-order valence-corrected chi connectivity index (χ4v) is 3.38. The molecule has 3 rings (SSSR count). The molecule has 0 spiro atoms. The molecular weight excluding hydrogens is 284 g/mol. The van der Waals surface area contributed by atoms with Crippen LogP contribution in [0.15, 0.2) is 17.5 Å². The predicted molar refractivity (Wildman–Crippen MR) is 82.3 cm³/mol. The van der Waals surface area contributed by atoms with Crippen LogP contribution in [0, 0.1) is 0 Å². The zero-order valence-corrected chi connectivity index (χ0v) is 12.9. The Balaban J connectivity index is 1.49. The second-order valence-corrected chi connectivity index (χ2v) is 6.38. The highest BCUT2D eigenvalue weighted by Gasteiger charge is 2.14. The van der Waals surface area contributed by atoms with Crippen molar-refractivity contribution in [2.75, 3.05) is 6.54 Å². The Kier molecular flexibility index (Phi) is 4.65. The summed E-state index contributed by atoms with van der Waals surface area (Å²) in [6.07, 6.45) is 5.91. The molecule has 2 aromatic rings. The maximum absolute atomic E-state index is 11.8. The SMILES string of the molecule is O=C(Cc1cccs1)NCCc1nnc2n1CCCCC2. The molecular formula is C15H20N4OS. The first kappa shape index (κ1) is 14.3. The number of fused-ring (bicyclic) bond motifs is 1. The van der Waals surface area contributed by atoms with Gasteiger partial charge in [-0.2, -0.15) is 0 Å². The normalized spacial score (nSPS) is 14.5. The average molecular weight is 304 g/mol. The number of carbonyl (C=O) groups excluding carboxylic acids is 1. The number of rotatable bonds is 5. The van der Waals surface area contributed by atoms with Crippen molar-refractivity contribution in [2.24, 2.45) is 0 Å². The lowest BCUT2D eigenvalue weighted by Gasteiger charge is -2.07. The van der Waals surface area contributed by atoms with Crippen molar-refractivity contribution in [3.05, 3.63) is 34.0 Å². The number of aryl methyl sites for hydroxylation is 1. The molecule has 2 aromatic heterocycles. The van der Waals surface area contributed by atoms with Crippen molar-refractivity contribution in [3.63, 3.8) is 0 Å². The molecule has 5 nitrogen and oxygen atoms in total. The third-order valence-electron chi connectivity index (χ3n) is 3.77. The molecule has 112 valence electrons. The summed E-state index contributed by atoms with van der Waals surface area (Å²) in [5.74, 6) is 2.18. The summed E-state index contributed by atoms with van der Waals surface area (Å²) in [5, 5.41) is 13.5. The van der Waals surface area contributed by atoms with Crippen molar-refractivity contribution < 1.29 is 4.79 Å². The van der Waals surface area contributed by atoms with Gasteiger partial charge in [-0.15, -0.1) is 21.5 Å². The first-order valence-electron chi connectivity index (χ1n) is 7.53. The fourth-order valence-electron chi connectivity index (χ4n) is 2.68. The standard InChI is InChI=1S/C15H20N4OS/c20-15(11-12-5-4-10-21-12)16-8-7-14-18-17-13-6-2-1-3-9-19(13)14/h4-5,10H,1-3,6-9,11H2,(H,16,20). The molecule has 0 atom stereocenters. The van der Waals surface area contributed by atoms with E-state index in [1.54, 1.807) is 11.3 Å². The zero-order chi connectivity index (χ0) is 14.5. The van der Waals surface area contributed by atoms with E-state index in [2.05, 4.69) is 20.1 Å². The van der Waals surface area contributed by atoms with E-state index in [0.29, 0.717) is 13.0 Å². The second-order valence-electron chi connectivity index (χ2n) is 5.35. The Labute approximate surface area is 128 Å². The summed E-state index contributed by atoms with van der Waals surface area (Å²) in [7, 11) is 0. The number of amides is 1. The van der Waals surface area contributed by atoms with Crippen LogP contribution in [-0.4, -0.2) is 27.2 Å². The van der Waals surface area contributed by atoms with Crippen molar-refractivity contribution in [1.29, 1.82) is 0 Å². The lowest BCUT2D eigenvalue weighted by atomic mass is 10.2. The van der Waals surface area contributed by atoms with Gasteiger partial charge in [-0.05, 0) is 24.3 Å². The minimum atomic E-state index is 0.0769. The average Bonchev–Trinajstić information content (AvgIpc) is 3.04. The molecule has 0 aliphatic carbocycles. The molecule has 3 heterocycles. The minimum Gasteiger partial charge on any atom is -0.355 e. The maximum atomic E-state index is 11.8. The molecule has 1 aliphatic heterocycles. The summed E-state index contributed by atoms with van der Waals surface area (Å²) in [5.41, 5.74) is 0. The number of hydrogen-bond donors (Lipinski definition) is 1. The molecule has 0 saturated carbocycles. The van der Waals surface area contributed by atoms with Gasteiger partial charge in [-0.1, -0.05) is 12.5 Å². The van der Waals surface area contributed by atoms with Crippen LogP contribution in [0.2, 0.25) is 0 Å². The molecule has 1 amide bonds. The first-order valence-corrected chi connectivity index (χ1v) is 8.41. The van der Waals surface area contributed by atoms with Crippen molar-refractivity contribution in [3.8, 4) is 0 Å². The molecule has 6 heteroatoms. The molecule has 0 unspecified atom stereocenters. The van der Waals surface area contributed by atoms with Gasteiger partial charge in [0, 0.05) is 30.8 Å². The lowest BCUT2D eigenvalue weighted by molar-refractivity contribution is -0.120. The summed E-state index contributed by atoms with van der Waals surface area (Å²) in [6.45, 7) is 1.64. The Morgan fingerprint density at radius 3 is 3.14 bits per heavy atom. The van der Waals surface area contributed by atoms with E-state index < -0.39 is 0 Å². The molecule has 21 heavy (non-hydrogen) atoms. The van der Waals surface area contributed by atoms with E-state index in [-0.39, 0.29) is 5.91 Å². The number of thiophene rings is 1. The van der Waals surface area contributed by atoms with Gasteiger partial charge < -0.3 is 9.88 Å². The number of carbonyl (C=O) groups is 1. The Hall–Kier alpha value is -1.69. The molecule has 0 fully saturated rings. The Bertz CT molecular complexity index is 591. The summed E-state index contributed by atoms with van der Waals surface area (Å²) in [4.78, 5) is 12.9. The second kappa shape index (κ2) is 6.85. The highest BCUT2D eigenvalue weighted by Crippen LogP contribution is 2.14. The van der Waals surface area contributed by atoms with Crippen LogP contribution < -0.4 is 5.32 Å². The molecule has 0 bridgehead atoms. The van der Waals surface area contributed by atoms with E-state index in [9.17, 15) is 4.79 Å². The van der Waals surface area contributed by atoms with Gasteiger partial charge in [0.15, 0.2) is 0 Å². The maximum Gasteiger partial charge on any atom is 0.225 e. The van der Waals surface area contributed by atoms with Gasteiger partial charge in [0.25, 0.3) is 0 Å². The quantitative estimate of drug-likeness (QED) is 0.918. The van der Waals surface area contributed by atoms with Crippen molar-refractivity contribution in [2.45, 2.75) is 45.1 Å². The van der Waals surface area contributed by atoms with Crippen molar-refractivity contribution in [1.82, 2.24) is 20.1 Å². The van der Waals surface area contributed by atoms with Crippen LogP contribution in [0.4, 0.5) is 0 Å². The van der Waals surface area contributed by atoms with E-state index in [1.165, 1.54) is 19.3 Å². The zero-order valence-electron chi connectivity index (χ0n) is 12.0. The van der Waals surface area contributed by atoms with Gasteiger partial charge in [-0.25, -0.2) is 0 Å². The Morgan fingerprint density at radius 2 is 2.29 bits per heavy atom. The van der Waals surface area contributed by atoms with E-state index in [0.717, 1.165) is 35.9 Å². The number of aromatic nitrogens is 3. The minimum absolute atomic E-state index is 0.0769. The van der Waals surface area contributed by atoms with Gasteiger partial charge in [-0.3, -0.25) is 4.79 Å². The number of hydrogen-bond acceptors (Lipinski definition) is 4. The summed E-state index contributed by atoms with van der Waals surface area (Å²) >= 11 is 1.62. The van der Waals surface area contributed by atoms with E-state index in [1.807, 2.05) is 17.5 Å². The molecule has 0 radical (unpaired) electrons. The number of nitrogens with zero attached hydrogens (tertiary/aromatic N) is 3. The van der Waals surface area contributed by atoms with Crippen molar-refractivity contribution >= 4 is 17.2 Å². The highest BCUT2D eigenvalue weighted by atomic mass is 32.1. The predicted octanol–water partition coefficient (Wildman–Crippen LogP) is 1.97. The summed E-state index contributed by atoms with van der Waals surface area (Å²) < 4.78 is 2.23. The van der Waals surface area contributed by atoms with E-state index >= 15 is 0 Å². The fraction of sp³-hybridized carbons (Fsp3) is 0.533. The third kappa shape index (κ3) is 3.69. The lowest BCUT2D eigenvalue weighted by Crippen LogP contribution is -2.27. The molecule has 0 aromatic carbocycles. The molecule has 0 saturated heterocycles. The van der Waals surface area contributed by atoms with Gasteiger partial charge in [0.2, 0.25) is 5.91 Å². The Morgan fingerprint density at radius 1 is 1.33 bits per heavy atom. The van der Waals surface area contributed by atoms with Crippen LogP contribution in [0.5, 0.6) is 0 Å². The summed E-state index contributed by atoms with van der Waals surface area (Å²) in [6, 6.07) is 3.96. The largest absolute Gasteiger partial charge is 0.355 e. The van der Waals surface area contributed by atoms with Crippen LogP contribution >= 0.6 is 11.3 Å². The van der Waals surface area contributed by atoms with Crippen LogP contribution in [-0.2, 0) is 30.6 Å². The third-order valence-corrected chi connectivity index (χ3v) is 4.65. The van der Waals surface area contributed by atoms with Crippen LogP contribution in [0.25, 0.3) is 0 Å². The van der Waals surface area contributed by atoms with Gasteiger partial charge >= 0.3 is 0 Å². The molecule has 1 aliphatic rings.